The van der Waals surface area contributed by atoms with Crippen LogP contribution in [0.3, 0.4) is 0 Å². The third-order valence-electron chi connectivity index (χ3n) is 4.27. The van der Waals surface area contributed by atoms with E-state index >= 15 is 0 Å². The third-order valence-corrected chi connectivity index (χ3v) is 7.01. The topological polar surface area (TPSA) is 53.5 Å². The van der Waals surface area contributed by atoms with Gasteiger partial charge in [0.2, 0.25) is 10.0 Å². The maximum absolute atomic E-state index is 11.9. The summed E-state index contributed by atoms with van der Waals surface area (Å²) in [5.74, 6) is 0.721. The zero-order chi connectivity index (χ0) is 14.8. The summed E-state index contributed by atoms with van der Waals surface area (Å²) >= 11 is 1.64. The Morgan fingerprint density at radius 1 is 1.50 bits per heavy atom. The molecule has 0 N–H and O–H groups in total. The van der Waals surface area contributed by atoms with Gasteiger partial charge >= 0.3 is 0 Å². The Morgan fingerprint density at radius 3 is 2.65 bits per heavy atom. The highest BCUT2D eigenvalue weighted by atomic mass is 32.2. The zero-order valence-corrected chi connectivity index (χ0v) is 14.0. The van der Waals surface area contributed by atoms with Crippen molar-refractivity contribution in [1.82, 2.24) is 9.29 Å². The number of nitrogens with zero attached hydrogens (tertiary/aromatic N) is 3. The molecule has 0 spiro atoms. The number of sulfonamides is 1. The lowest BCUT2D eigenvalue weighted by Crippen LogP contribution is -2.45. The number of rotatable bonds is 5. The molecule has 2 rings (SSSR count). The molecule has 7 heteroatoms. The second kappa shape index (κ2) is 6.41. The zero-order valence-electron chi connectivity index (χ0n) is 12.3. The van der Waals surface area contributed by atoms with Crippen molar-refractivity contribution >= 4 is 26.5 Å². The smallest absolute Gasteiger partial charge is 0.213 e. The number of aromatic nitrogens is 1. The van der Waals surface area contributed by atoms with E-state index in [0.717, 1.165) is 18.0 Å². The average Bonchev–Trinajstić information content (AvgIpc) is 3.00. The van der Waals surface area contributed by atoms with Crippen molar-refractivity contribution in [3.63, 3.8) is 0 Å². The first-order valence-electron chi connectivity index (χ1n) is 7.06. The highest BCUT2D eigenvalue weighted by Crippen LogP contribution is 2.28. The molecule has 5 nitrogen and oxygen atoms in total. The van der Waals surface area contributed by atoms with Crippen LogP contribution in [0.25, 0.3) is 0 Å². The summed E-state index contributed by atoms with van der Waals surface area (Å²) in [6, 6.07) is 0.382. The van der Waals surface area contributed by atoms with Crippen molar-refractivity contribution in [3.8, 4) is 0 Å². The van der Waals surface area contributed by atoms with Gasteiger partial charge in [0.1, 0.15) is 0 Å². The van der Waals surface area contributed by atoms with E-state index in [-0.39, 0.29) is 5.75 Å². The molecule has 0 radical (unpaired) electrons. The SMILES string of the molecule is CCS(=O)(=O)N1CCC(C(C)N(C)c2nccs2)CC1. The fourth-order valence-electron chi connectivity index (χ4n) is 2.70. The maximum atomic E-state index is 11.9. The van der Waals surface area contributed by atoms with Crippen LogP contribution in [0, 0.1) is 5.92 Å². The fourth-order valence-corrected chi connectivity index (χ4v) is 4.53. The van der Waals surface area contributed by atoms with Gasteiger partial charge in [0, 0.05) is 37.8 Å². The van der Waals surface area contributed by atoms with Gasteiger partial charge in [-0.05, 0) is 32.6 Å². The molecule has 0 bridgehead atoms. The largest absolute Gasteiger partial charge is 0.348 e. The normalized spacial score (nSPS) is 19.9. The Morgan fingerprint density at radius 2 is 2.15 bits per heavy atom. The van der Waals surface area contributed by atoms with E-state index in [2.05, 4.69) is 23.9 Å². The summed E-state index contributed by atoms with van der Waals surface area (Å²) in [5.41, 5.74) is 0. The van der Waals surface area contributed by atoms with Crippen molar-refractivity contribution in [2.24, 2.45) is 5.92 Å². The molecule has 1 unspecified atom stereocenters. The number of piperidine rings is 1. The van der Waals surface area contributed by atoms with E-state index in [1.807, 2.05) is 11.6 Å². The van der Waals surface area contributed by atoms with Crippen LogP contribution in [0.4, 0.5) is 5.13 Å². The molecular weight excluding hydrogens is 294 g/mol. The second-order valence-corrected chi connectivity index (χ2v) is 8.43. The minimum atomic E-state index is -3.02. The maximum Gasteiger partial charge on any atom is 0.213 e. The Hall–Kier alpha value is -0.660. The standard InChI is InChI=1S/C13H23N3O2S2/c1-4-20(17,18)16-8-5-12(6-9-16)11(2)15(3)13-14-7-10-19-13/h7,10-12H,4-6,8-9H2,1-3H3. The van der Waals surface area contributed by atoms with E-state index in [9.17, 15) is 8.42 Å². The molecule has 0 aliphatic carbocycles. The number of hydrogen-bond donors (Lipinski definition) is 0. The van der Waals surface area contributed by atoms with Crippen LogP contribution >= 0.6 is 11.3 Å². The summed E-state index contributed by atoms with van der Waals surface area (Å²) in [6.45, 7) is 5.21. The molecule has 1 aliphatic rings. The van der Waals surface area contributed by atoms with Gasteiger partial charge in [-0.2, -0.15) is 0 Å². The molecule has 2 heterocycles. The summed E-state index contributed by atoms with van der Waals surface area (Å²) in [5, 5.41) is 3.01. The lowest BCUT2D eigenvalue weighted by molar-refractivity contribution is 0.248. The van der Waals surface area contributed by atoms with E-state index in [4.69, 9.17) is 0 Å². The molecule has 1 aliphatic heterocycles. The first-order chi connectivity index (χ1) is 9.45. The van der Waals surface area contributed by atoms with Gasteiger partial charge in [0.25, 0.3) is 0 Å². The Labute approximate surface area is 125 Å². The lowest BCUT2D eigenvalue weighted by Gasteiger charge is -2.37. The van der Waals surface area contributed by atoms with Crippen LogP contribution in [0.1, 0.15) is 26.7 Å². The molecule has 1 saturated heterocycles. The van der Waals surface area contributed by atoms with E-state index in [0.29, 0.717) is 25.0 Å². The molecule has 20 heavy (non-hydrogen) atoms. The summed E-state index contributed by atoms with van der Waals surface area (Å²) in [4.78, 5) is 6.55. The summed E-state index contributed by atoms with van der Waals surface area (Å²) < 4.78 is 25.4. The van der Waals surface area contributed by atoms with Gasteiger partial charge in [-0.15, -0.1) is 11.3 Å². The molecule has 0 amide bonds. The van der Waals surface area contributed by atoms with Crippen LogP contribution in [0.15, 0.2) is 11.6 Å². The Bertz CT molecular complexity index is 508. The predicted molar refractivity (Wildman–Crippen MR) is 83.7 cm³/mol. The second-order valence-electron chi connectivity index (χ2n) is 5.30. The van der Waals surface area contributed by atoms with Gasteiger partial charge in [-0.25, -0.2) is 17.7 Å². The molecule has 0 aromatic carbocycles. The Kier molecular flexibility index (Phi) is 5.04. The quantitative estimate of drug-likeness (QED) is 0.834. The summed E-state index contributed by atoms with van der Waals surface area (Å²) in [6.07, 6.45) is 3.67. The van der Waals surface area contributed by atoms with Crippen molar-refractivity contribution in [2.45, 2.75) is 32.7 Å². The molecular formula is C13H23N3O2S2. The van der Waals surface area contributed by atoms with Crippen LogP contribution < -0.4 is 4.90 Å². The molecule has 114 valence electrons. The fraction of sp³-hybridized carbons (Fsp3) is 0.769. The molecule has 1 aromatic heterocycles. The number of anilines is 1. The van der Waals surface area contributed by atoms with Crippen LogP contribution in [0.2, 0.25) is 0 Å². The summed E-state index contributed by atoms with van der Waals surface area (Å²) in [7, 11) is -0.956. The molecule has 1 aromatic rings. The van der Waals surface area contributed by atoms with Crippen LogP contribution in [0.5, 0.6) is 0 Å². The Balaban J connectivity index is 1.94. The van der Waals surface area contributed by atoms with Crippen molar-refractivity contribution < 1.29 is 8.42 Å². The highest BCUT2D eigenvalue weighted by Gasteiger charge is 2.31. The third kappa shape index (κ3) is 3.32. The van der Waals surface area contributed by atoms with E-state index < -0.39 is 10.0 Å². The number of hydrogen-bond acceptors (Lipinski definition) is 5. The first kappa shape index (κ1) is 15.7. The van der Waals surface area contributed by atoms with E-state index in [1.165, 1.54) is 0 Å². The minimum Gasteiger partial charge on any atom is -0.348 e. The van der Waals surface area contributed by atoms with Crippen LogP contribution in [-0.2, 0) is 10.0 Å². The molecule has 1 fully saturated rings. The average molecular weight is 317 g/mol. The first-order valence-corrected chi connectivity index (χ1v) is 9.54. The monoisotopic (exact) mass is 317 g/mol. The molecule has 1 atom stereocenters. The van der Waals surface area contributed by atoms with Crippen molar-refractivity contribution in [1.29, 1.82) is 0 Å². The van der Waals surface area contributed by atoms with Gasteiger partial charge < -0.3 is 4.90 Å². The van der Waals surface area contributed by atoms with Crippen molar-refractivity contribution in [3.05, 3.63) is 11.6 Å². The van der Waals surface area contributed by atoms with Gasteiger partial charge in [-0.3, -0.25) is 0 Å². The lowest BCUT2D eigenvalue weighted by atomic mass is 9.90. The van der Waals surface area contributed by atoms with E-state index in [1.54, 1.807) is 22.6 Å². The van der Waals surface area contributed by atoms with Gasteiger partial charge in [0.05, 0.1) is 5.75 Å². The van der Waals surface area contributed by atoms with Gasteiger partial charge in [-0.1, -0.05) is 0 Å². The van der Waals surface area contributed by atoms with Crippen molar-refractivity contribution in [2.75, 3.05) is 30.8 Å². The molecule has 0 saturated carbocycles. The number of thiazole rings is 1. The van der Waals surface area contributed by atoms with Gasteiger partial charge in [0.15, 0.2) is 5.13 Å². The predicted octanol–water partition coefficient (Wildman–Crippen LogP) is 2.03. The highest BCUT2D eigenvalue weighted by molar-refractivity contribution is 7.89. The minimum absolute atomic E-state index is 0.201. The van der Waals surface area contributed by atoms with Crippen LogP contribution in [-0.4, -0.2) is 49.6 Å².